The van der Waals surface area contributed by atoms with E-state index >= 15 is 0 Å². The molecule has 0 amide bonds. The molecule has 0 saturated heterocycles. The fourth-order valence-electron chi connectivity index (χ4n) is 2.54. The zero-order chi connectivity index (χ0) is 22.1. The van der Waals surface area contributed by atoms with Crippen molar-refractivity contribution in [2.24, 2.45) is 16.6 Å². The van der Waals surface area contributed by atoms with E-state index < -0.39 is 35.9 Å². The summed E-state index contributed by atoms with van der Waals surface area (Å²) < 4.78 is 53.0. The highest BCUT2D eigenvalue weighted by Gasteiger charge is 2.32. The number of tetrazole rings is 1. The first-order valence-corrected chi connectivity index (χ1v) is 12.0. The molecule has 0 radical (unpaired) electrons. The molecule has 10 N–H and O–H groups in total. The number of nitrogens with one attached hydrogen (secondary N) is 2. The Balaban J connectivity index is 2.32. The maximum absolute atomic E-state index is 12.9. The van der Waals surface area contributed by atoms with Crippen LogP contribution in [-0.2, 0) is 20.0 Å². The SMILES string of the molecule is NC[C@H](N)CNS(=O)(=O)c1ccc(-c2cnc(N)s2)c(-c2nn[nH]n2)c1S(N)(=O)=O. The smallest absolute Gasteiger partial charge is 0.241 e. The predicted octanol–water partition coefficient (Wildman–Crippen LogP) is -2.22. The highest BCUT2D eigenvalue weighted by atomic mass is 32.2. The van der Waals surface area contributed by atoms with E-state index in [9.17, 15) is 16.8 Å². The first-order valence-electron chi connectivity index (χ1n) is 8.15. The Bertz CT molecular complexity index is 1250. The van der Waals surface area contributed by atoms with Gasteiger partial charge < -0.3 is 17.2 Å². The van der Waals surface area contributed by atoms with Crippen molar-refractivity contribution < 1.29 is 16.8 Å². The monoisotopic (exact) mass is 474 g/mol. The Morgan fingerprint density at radius 2 is 1.97 bits per heavy atom. The lowest BCUT2D eigenvalue weighted by Gasteiger charge is -2.16. The Morgan fingerprint density at radius 1 is 1.23 bits per heavy atom. The molecule has 0 fully saturated rings. The molecular weight excluding hydrogens is 456 g/mol. The molecule has 1 aromatic carbocycles. The molecule has 2 aromatic heterocycles. The van der Waals surface area contributed by atoms with Gasteiger partial charge in [-0.2, -0.15) is 5.21 Å². The zero-order valence-electron chi connectivity index (χ0n) is 15.2. The summed E-state index contributed by atoms with van der Waals surface area (Å²) in [6, 6.07) is 1.81. The van der Waals surface area contributed by atoms with Crippen molar-refractivity contribution in [1.82, 2.24) is 30.3 Å². The van der Waals surface area contributed by atoms with Gasteiger partial charge in [0.15, 0.2) is 5.13 Å². The second-order valence-corrected chi connectivity index (χ2v) is 10.3. The number of nitrogens with two attached hydrogens (primary N) is 4. The Morgan fingerprint density at radius 3 is 2.50 bits per heavy atom. The van der Waals surface area contributed by atoms with Gasteiger partial charge in [0.25, 0.3) is 0 Å². The number of anilines is 1. The number of thiazole rings is 1. The number of hydrogen-bond acceptors (Lipinski definition) is 12. The minimum Gasteiger partial charge on any atom is -0.375 e. The van der Waals surface area contributed by atoms with E-state index in [2.05, 4.69) is 30.3 Å². The van der Waals surface area contributed by atoms with Gasteiger partial charge in [0.1, 0.15) is 9.79 Å². The van der Waals surface area contributed by atoms with E-state index in [1.54, 1.807) is 0 Å². The Labute approximate surface area is 175 Å². The van der Waals surface area contributed by atoms with Crippen LogP contribution in [0.1, 0.15) is 0 Å². The second-order valence-electron chi connectivity index (χ2n) is 6.01. The number of H-pyrrole nitrogens is 1. The van der Waals surface area contributed by atoms with Gasteiger partial charge in [0.2, 0.25) is 25.9 Å². The van der Waals surface area contributed by atoms with Gasteiger partial charge in [-0.15, -0.1) is 10.2 Å². The third kappa shape index (κ3) is 4.46. The summed E-state index contributed by atoms with van der Waals surface area (Å²) in [6.07, 6.45) is 1.40. The van der Waals surface area contributed by atoms with Crippen molar-refractivity contribution in [1.29, 1.82) is 0 Å². The Hall–Kier alpha value is -2.54. The van der Waals surface area contributed by atoms with Crippen LogP contribution in [0.15, 0.2) is 28.1 Å². The van der Waals surface area contributed by atoms with Crippen LogP contribution in [0.3, 0.4) is 0 Å². The number of sulfonamides is 2. The molecule has 1 atom stereocenters. The molecule has 0 spiro atoms. The molecule has 3 rings (SSSR count). The molecule has 0 aliphatic carbocycles. The summed E-state index contributed by atoms with van der Waals surface area (Å²) in [7, 11) is -8.94. The largest absolute Gasteiger partial charge is 0.375 e. The van der Waals surface area contributed by atoms with Crippen LogP contribution in [0, 0.1) is 0 Å². The molecule has 17 heteroatoms. The molecule has 162 valence electrons. The van der Waals surface area contributed by atoms with Gasteiger partial charge in [0.05, 0.1) is 10.4 Å². The number of aromatic amines is 1. The molecule has 0 aliphatic rings. The maximum atomic E-state index is 12.9. The topological polar surface area (TPSA) is 252 Å². The van der Waals surface area contributed by atoms with Crippen LogP contribution in [0.2, 0.25) is 0 Å². The second kappa shape index (κ2) is 8.30. The molecule has 0 unspecified atom stereocenters. The lowest BCUT2D eigenvalue weighted by molar-refractivity contribution is 0.563. The third-order valence-corrected chi connectivity index (χ3v) is 7.34. The number of rotatable bonds is 8. The van der Waals surface area contributed by atoms with E-state index in [1.165, 1.54) is 12.3 Å². The van der Waals surface area contributed by atoms with Gasteiger partial charge in [-0.05, 0) is 11.3 Å². The lowest BCUT2D eigenvalue weighted by Crippen LogP contribution is -2.42. The molecule has 0 saturated carbocycles. The summed E-state index contributed by atoms with van der Waals surface area (Å²) in [4.78, 5) is 3.07. The van der Waals surface area contributed by atoms with Gasteiger partial charge >= 0.3 is 0 Å². The molecule has 0 bridgehead atoms. The summed E-state index contributed by atoms with van der Waals surface area (Å²) in [5.41, 5.74) is 16.8. The Kier molecular flexibility index (Phi) is 6.13. The minimum atomic E-state index is -4.58. The van der Waals surface area contributed by atoms with Crippen LogP contribution in [0.25, 0.3) is 21.8 Å². The van der Waals surface area contributed by atoms with Crippen LogP contribution < -0.4 is 27.1 Å². The highest BCUT2D eigenvalue weighted by molar-refractivity contribution is 7.92. The number of nitrogens with zero attached hydrogens (tertiary/aromatic N) is 4. The number of hydrogen-bond donors (Lipinski definition) is 6. The number of aromatic nitrogens is 5. The quantitative estimate of drug-likeness (QED) is 0.204. The summed E-state index contributed by atoms with van der Waals surface area (Å²) in [5, 5.41) is 18.8. The lowest BCUT2D eigenvalue weighted by atomic mass is 10.1. The van der Waals surface area contributed by atoms with Crippen LogP contribution in [0.5, 0.6) is 0 Å². The van der Waals surface area contributed by atoms with E-state index in [4.69, 9.17) is 22.3 Å². The van der Waals surface area contributed by atoms with Crippen LogP contribution in [-0.4, -0.2) is 61.6 Å². The fourth-order valence-corrected chi connectivity index (χ4v) is 5.95. The molecule has 0 aliphatic heterocycles. The van der Waals surface area contributed by atoms with Crippen molar-refractivity contribution in [3.63, 3.8) is 0 Å². The summed E-state index contributed by atoms with van der Waals surface area (Å²) in [5.74, 6) is -0.184. The molecule has 14 nitrogen and oxygen atoms in total. The van der Waals surface area contributed by atoms with Gasteiger partial charge in [-0.1, -0.05) is 17.4 Å². The predicted molar refractivity (Wildman–Crippen MR) is 109 cm³/mol. The van der Waals surface area contributed by atoms with E-state index in [0.717, 1.165) is 17.4 Å². The van der Waals surface area contributed by atoms with Gasteiger partial charge in [-0.25, -0.2) is 31.7 Å². The van der Waals surface area contributed by atoms with Crippen molar-refractivity contribution >= 4 is 36.5 Å². The van der Waals surface area contributed by atoms with Crippen molar-refractivity contribution in [2.45, 2.75) is 15.8 Å². The number of nitrogen functional groups attached to an aromatic ring is 1. The van der Waals surface area contributed by atoms with Gasteiger partial charge in [0, 0.05) is 30.9 Å². The summed E-state index contributed by atoms with van der Waals surface area (Å²) >= 11 is 1.05. The number of primary sulfonamides is 1. The van der Waals surface area contributed by atoms with Crippen molar-refractivity contribution in [2.75, 3.05) is 18.8 Å². The molecule has 30 heavy (non-hydrogen) atoms. The van der Waals surface area contributed by atoms with E-state index in [1.807, 2.05) is 0 Å². The number of benzene rings is 1. The minimum absolute atomic E-state index is 0.0183. The van der Waals surface area contributed by atoms with E-state index in [-0.39, 0.29) is 35.2 Å². The average Bonchev–Trinajstić information content (AvgIpc) is 3.36. The standard InChI is InChI=1S/C13H18N10O4S3/c14-3-6(15)4-19-30(26,27)9-2-1-7(8-5-18-13(16)28-8)10(11(9)29(17,24)25)12-20-22-23-21-12/h1-2,5-6,19H,3-4,14-15H2,(H2,16,18)(H2,17,24,25)(H,20,21,22,23)/t6-/m0/s1. The fraction of sp³-hybridized carbons (Fsp3) is 0.231. The molecular formula is C13H18N10O4S3. The van der Waals surface area contributed by atoms with Crippen molar-refractivity contribution in [3.8, 4) is 21.8 Å². The molecule has 3 aromatic rings. The summed E-state index contributed by atoms with van der Waals surface area (Å²) in [6.45, 7) is -0.196. The maximum Gasteiger partial charge on any atom is 0.241 e. The first-order chi connectivity index (χ1) is 14.0. The zero-order valence-corrected chi connectivity index (χ0v) is 17.6. The third-order valence-electron chi connectivity index (χ3n) is 3.89. The van der Waals surface area contributed by atoms with Crippen LogP contribution in [0.4, 0.5) is 5.13 Å². The van der Waals surface area contributed by atoms with E-state index in [0.29, 0.717) is 4.88 Å². The molecule has 2 heterocycles. The van der Waals surface area contributed by atoms with Crippen LogP contribution >= 0.6 is 11.3 Å². The average molecular weight is 475 g/mol. The van der Waals surface area contributed by atoms with Crippen molar-refractivity contribution in [3.05, 3.63) is 18.3 Å². The first kappa shape index (κ1) is 22.2. The normalized spacial score (nSPS) is 13.4. The van der Waals surface area contributed by atoms with Gasteiger partial charge in [-0.3, -0.25) is 0 Å². The highest BCUT2D eigenvalue weighted by Crippen LogP contribution is 2.40.